The third-order valence-electron chi connectivity index (χ3n) is 4.69. The van der Waals surface area contributed by atoms with E-state index in [4.69, 9.17) is 20.1 Å². The van der Waals surface area contributed by atoms with Crippen molar-refractivity contribution in [3.05, 3.63) is 0 Å². The summed E-state index contributed by atoms with van der Waals surface area (Å²) in [4.78, 5) is 41.8. The number of carbonyl (C=O) groups excluding carboxylic acids is 1. The van der Waals surface area contributed by atoms with E-state index in [1.54, 1.807) is 0 Å². The molecule has 4 atom stereocenters. The maximum absolute atomic E-state index is 11.6. The van der Waals surface area contributed by atoms with Crippen molar-refractivity contribution in [2.75, 3.05) is 0 Å². The second-order valence-corrected chi connectivity index (χ2v) is 7.59. The lowest BCUT2D eigenvalue weighted by Crippen LogP contribution is -2.35. The molecule has 1 rings (SSSR count). The molecular weight excluding hydrogens is 356 g/mol. The Morgan fingerprint density at radius 2 is 1.56 bits per heavy atom. The first-order valence-corrected chi connectivity index (χ1v) is 9.29. The number of aliphatic carboxylic acids is 3. The maximum atomic E-state index is 11.6. The number of esters is 1. The summed E-state index contributed by atoms with van der Waals surface area (Å²) in [7, 11) is 0. The van der Waals surface area contributed by atoms with Gasteiger partial charge in [-0.05, 0) is 30.6 Å². The summed E-state index contributed by atoms with van der Waals surface area (Å²) in [5.41, 5.74) is 0. The zero-order valence-electron chi connectivity index (χ0n) is 16.5. The zero-order valence-corrected chi connectivity index (χ0v) is 16.5. The van der Waals surface area contributed by atoms with Crippen LogP contribution in [0.25, 0.3) is 0 Å². The number of hydrogen-bond acceptors (Lipinski definition) is 5. The molecule has 0 saturated heterocycles. The second kappa shape index (κ2) is 12.3. The Hall–Kier alpha value is -2.12. The molecule has 27 heavy (non-hydrogen) atoms. The zero-order chi connectivity index (χ0) is 21.1. The summed E-state index contributed by atoms with van der Waals surface area (Å²) in [6.07, 6.45) is 2.67. The Labute approximate surface area is 159 Å². The van der Waals surface area contributed by atoms with Gasteiger partial charge in [0.25, 0.3) is 0 Å². The minimum absolute atomic E-state index is 0.0228. The molecule has 0 bridgehead atoms. The molecule has 156 valence electrons. The van der Waals surface area contributed by atoms with Gasteiger partial charge in [0.15, 0.2) is 0 Å². The molecule has 0 aromatic heterocycles. The summed E-state index contributed by atoms with van der Waals surface area (Å²) in [5, 5.41) is 24.8. The normalized spacial score (nSPS) is 22.9. The van der Waals surface area contributed by atoms with E-state index >= 15 is 0 Å². The van der Waals surface area contributed by atoms with Gasteiger partial charge in [-0.1, -0.05) is 34.1 Å². The molecule has 0 aromatic carbocycles. The topological polar surface area (TPSA) is 138 Å². The molecule has 8 nitrogen and oxygen atoms in total. The highest BCUT2D eigenvalue weighted by Crippen LogP contribution is 2.35. The van der Waals surface area contributed by atoms with Gasteiger partial charge in [-0.2, -0.15) is 0 Å². The van der Waals surface area contributed by atoms with Gasteiger partial charge in [0.2, 0.25) is 0 Å². The van der Waals surface area contributed by atoms with Crippen LogP contribution in [0.1, 0.15) is 66.2 Å². The minimum Gasteiger partial charge on any atom is -0.481 e. The molecule has 1 aliphatic carbocycles. The molecule has 0 amide bonds. The van der Waals surface area contributed by atoms with Crippen molar-refractivity contribution in [1.82, 2.24) is 0 Å². The van der Waals surface area contributed by atoms with Crippen molar-refractivity contribution in [3.8, 4) is 0 Å². The number of ether oxygens (including phenoxy) is 1. The van der Waals surface area contributed by atoms with Crippen LogP contribution >= 0.6 is 0 Å². The fourth-order valence-electron chi connectivity index (χ4n) is 3.04. The highest BCUT2D eigenvalue weighted by molar-refractivity contribution is 5.77. The van der Waals surface area contributed by atoms with E-state index in [0.29, 0.717) is 17.8 Å². The number of rotatable bonds is 8. The standard InChI is InChI=1S/C14H24O4.C5H8O4/c1-9(2)11-5-4-10(3)8-12(11)18-14(17)7-6-13(15)16;1-3(5(8)9)2-4(6)7/h9-12H,4-8H2,1-3H3,(H,15,16);3H,2H2,1H3,(H,6,7)(H,8,9). The third kappa shape index (κ3) is 11.2. The van der Waals surface area contributed by atoms with E-state index in [9.17, 15) is 19.2 Å². The predicted octanol–water partition coefficient (Wildman–Crippen LogP) is 3.04. The lowest BCUT2D eigenvalue weighted by Gasteiger charge is -2.36. The van der Waals surface area contributed by atoms with Gasteiger partial charge in [0, 0.05) is 0 Å². The van der Waals surface area contributed by atoms with Crippen LogP contribution < -0.4 is 0 Å². The maximum Gasteiger partial charge on any atom is 0.306 e. The SMILES string of the molecule is CC(CC(=O)O)C(=O)O.CC1CCC(C(C)C)C(OC(=O)CCC(=O)O)C1. The van der Waals surface area contributed by atoms with E-state index in [1.807, 2.05) is 0 Å². The van der Waals surface area contributed by atoms with Gasteiger partial charge in [-0.15, -0.1) is 0 Å². The summed E-state index contributed by atoms with van der Waals surface area (Å²) in [6.45, 7) is 7.84. The molecule has 0 spiro atoms. The Kier molecular flexibility index (Phi) is 11.3. The van der Waals surface area contributed by atoms with E-state index < -0.39 is 23.8 Å². The highest BCUT2D eigenvalue weighted by atomic mass is 16.5. The largest absolute Gasteiger partial charge is 0.481 e. The molecule has 0 radical (unpaired) electrons. The van der Waals surface area contributed by atoms with Crippen LogP contribution in [0.5, 0.6) is 0 Å². The van der Waals surface area contributed by atoms with Gasteiger partial charge in [-0.25, -0.2) is 0 Å². The predicted molar refractivity (Wildman–Crippen MR) is 97.1 cm³/mol. The summed E-state index contributed by atoms with van der Waals surface area (Å²) < 4.78 is 5.48. The molecule has 4 unspecified atom stereocenters. The minimum atomic E-state index is -1.08. The average molecular weight is 388 g/mol. The second-order valence-electron chi connectivity index (χ2n) is 7.59. The molecule has 3 N–H and O–H groups in total. The molecule has 1 saturated carbocycles. The van der Waals surface area contributed by atoms with E-state index in [0.717, 1.165) is 12.8 Å². The van der Waals surface area contributed by atoms with Crippen LogP contribution in [0, 0.1) is 23.7 Å². The van der Waals surface area contributed by atoms with Crippen LogP contribution in [0.4, 0.5) is 0 Å². The van der Waals surface area contributed by atoms with Crippen LogP contribution in [0.2, 0.25) is 0 Å². The van der Waals surface area contributed by atoms with Gasteiger partial charge in [-0.3, -0.25) is 19.2 Å². The molecule has 0 aliphatic heterocycles. The number of carbonyl (C=O) groups is 4. The molecule has 1 fully saturated rings. The van der Waals surface area contributed by atoms with E-state index in [-0.39, 0.29) is 31.3 Å². The molecular formula is C19H32O8. The van der Waals surface area contributed by atoms with Gasteiger partial charge in [0.05, 0.1) is 25.2 Å². The monoisotopic (exact) mass is 388 g/mol. The fourth-order valence-corrected chi connectivity index (χ4v) is 3.04. The van der Waals surface area contributed by atoms with Crippen molar-refractivity contribution in [3.63, 3.8) is 0 Å². The molecule has 8 heteroatoms. The van der Waals surface area contributed by atoms with Crippen LogP contribution in [0.3, 0.4) is 0 Å². The Morgan fingerprint density at radius 1 is 0.963 bits per heavy atom. The molecule has 0 heterocycles. The Bertz CT molecular complexity index is 514. The van der Waals surface area contributed by atoms with Crippen molar-refractivity contribution < 1.29 is 39.2 Å². The summed E-state index contributed by atoms with van der Waals surface area (Å²) in [6, 6.07) is 0. The van der Waals surface area contributed by atoms with Crippen LogP contribution in [0.15, 0.2) is 0 Å². The average Bonchev–Trinajstić information content (AvgIpc) is 2.52. The number of hydrogen-bond donors (Lipinski definition) is 3. The molecule has 1 aliphatic rings. The first kappa shape index (κ1) is 24.9. The first-order chi connectivity index (χ1) is 12.4. The first-order valence-electron chi connectivity index (χ1n) is 9.29. The number of carboxylic acids is 3. The Morgan fingerprint density at radius 3 is 1.96 bits per heavy atom. The van der Waals surface area contributed by atoms with Gasteiger partial charge >= 0.3 is 23.9 Å². The van der Waals surface area contributed by atoms with Crippen molar-refractivity contribution >= 4 is 23.9 Å². The molecule has 0 aromatic rings. The smallest absolute Gasteiger partial charge is 0.306 e. The van der Waals surface area contributed by atoms with Crippen molar-refractivity contribution in [2.24, 2.45) is 23.7 Å². The lowest BCUT2D eigenvalue weighted by molar-refractivity contribution is -0.158. The summed E-state index contributed by atoms with van der Waals surface area (Å²) >= 11 is 0. The van der Waals surface area contributed by atoms with Crippen LogP contribution in [-0.2, 0) is 23.9 Å². The highest BCUT2D eigenvalue weighted by Gasteiger charge is 2.33. The van der Waals surface area contributed by atoms with Crippen molar-refractivity contribution in [2.45, 2.75) is 72.3 Å². The van der Waals surface area contributed by atoms with Gasteiger partial charge in [0.1, 0.15) is 6.10 Å². The quantitative estimate of drug-likeness (QED) is 0.539. The number of carboxylic acid groups (broad SMARTS) is 3. The Balaban J connectivity index is 0.000000636. The van der Waals surface area contributed by atoms with E-state index in [2.05, 4.69) is 20.8 Å². The third-order valence-corrected chi connectivity index (χ3v) is 4.69. The van der Waals surface area contributed by atoms with Crippen molar-refractivity contribution in [1.29, 1.82) is 0 Å². The van der Waals surface area contributed by atoms with E-state index in [1.165, 1.54) is 13.3 Å². The van der Waals surface area contributed by atoms with Gasteiger partial charge < -0.3 is 20.1 Å². The summed E-state index contributed by atoms with van der Waals surface area (Å²) in [5.74, 6) is -2.78. The lowest BCUT2D eigenvalue weighted by atomic mass is 9.75. The van der Waals surface area contributed by atoms with Crippen LogP contribution in [-0.4, -0.2) is 45.3 Å². The fraction of sp³-hybridized carbons (Fsp3) is 0.789.